The zero-order chi connectivity index (χ0) is 46.8. The van der Waals surface area contributed by atoms with Gasteiger partial charge >= 0.3 is 5.97 Å². The van der Waals surface area contributed by atoms with E-state index < -0.39 is 102 Å². The van der Waals surface area contributed by atoms with Gasteiger partial charge in [0.25, 0.3) is 11.7 Å². The summed E-state index contributed by atoms with van der Waals surface area (Å²) < 4.78 is 18.1. The van der Waals surface area contributed by atoms with E-state index in [1.54, 1.807) is 27.9 Å². The molecule has 15 atom stereocenters. The molecule has 5 N–H and O–H groups in total. The van der Waals surface area contributed by atoms with Gasteiger partial charge in [0, 0.05) is 44.2 Å². The van der Waals surface area contributed by atoms with Crippen LogP contribution in [0.3, 0.4) is 0 Å². The number of piperidine rings is 1. The molecule has 0 aromatic rings. The molecule has 0 aromatic carbocycles. The topological polar surface area (TPSA) is 217 Å². The third-order valence-electron chi connectivity index (χ3n) is 14.0. The number of fused-ring (bicyclic) bond motifs is 3. The van der Waals surface area contributed by atoms with Crippen LogP contribution in [0.2, 0.25) is 0 Å². The van der Waals surface area contributed by atoms with E-state index in [-0.39, 0.29) is 42.6 Å². The Kier molecular flexibility index (Phi) is 19.7. The lowest BCUT2D eigenvalue weighted by atomic mass is 9.78. The van der Waals surface area contributed by atoms with E-state index in [1.165, 1.54) is 13.0 Å². The second kappa shape index (κ2) is 23.7. The van der Waals surface area contributed by atoms with Crippen molar-refractivity contribution in [3.8, 4) is 0 Å². The molecule has 14 nitrogen and oxygen atoms in total. The molecular formula is C49H75NO13. The number of nitrogens with zero attached hydrogens (tertiary/aromatic N) is 1. The molecule has 1 aliphatic carbocycles. The van der Waals surface area contributed by atoms with Gasteiger partial charge in [-0.2, -0.15) is 0 Å². The van der Waals surface area contributed by atoms with Gasteiger partial charge in [0.1, 0.15) is 30.1 Å². The standard InChI is InChI=1S/C49H75NO13/c1-28-14-10-9-11-15-29(2)41(61-8)26-36-19-17-34(7)49(60,63-36)46(57)47(58)50-21-13-12-16-37(50)48(59)62-42(31(4)24-35-18-20-38(51)40(53)25-35)27-39(52)30(3)23-33(6)44(55)45(56)43(54)32(5)22-28/h9-11,14-15,23,28,30-32,34-38,40-42,44-45,51,53,55-56,60H,12-13,16-22,24-27H2,1-8H3/b11-9+,14-10-,29-15+,33-23+/t28-,30-,31-,32-,34-,35?,36+,37+,38+,40+,41+,42+,44-,45+,49-/m1/s1. The summed E-state index contributed by atoms with van der Waals surface area (Å²) in [5, 5.41) is 54.5. The van der Waals surface area contributed by atoms with Crippen molar-refractivity contribution in [2.24, 2.45) is 35.5 Å². The third kappa shape index (κ3) is 13.8. The molecule has 1 saturated carbocycles. The Bertz CT molecular complexity index is 1720. The molecule has 3 heterocycles. The predicted molar refractivity (Wildman–Crippen MR) is 236 cm³/mol. The predicted octanol–water partition coefficient (Wildman–Crippen LogP) is 4.87. The van der Waals surface area contributed by atoms with Crippen molar-refractivity contribution in [2.75, 3.05) is 13.7 Å². The quantitative estimate of drug-likeness (QED) is 0.145. The van der Waals surface area contributed by atoms with E-state index in [0.29, 0.717) is 64.2 Å². The van der Waals surface area contributed by atoms with E-state index in [1.807, 2.05) is 51.2 Å². The Morgan fingerprint density at radius 1 is 0.841 bits per heavy atom. The highest BCUT2D eigenvalue weighted by atomic mass is 16.6. The van der Waals surface area contributed by atoms with Crippen LogP contribution in [0.15, 0.2) is 47.6 Å². The van der Waals surface area contributed by atoms with Gasteiger partial charge in [0.15, 0.2) is 5.78 Å². The number of carbonyl (C=O) groups is 5. The SMILES string of the molecule is CO[C@H]1C[C@@H]2CC[C@@H](C)[C@@](O)(O2)C(=O)C(=O)N2CCCC[C@H]2C(=O)O[C@H]([C@H](C)CC2CC[C@H](O)[C@@H](O)C2)CC(=O)[C@H](C)/C=C(\C)[C@@H](O)[C@@H](O)C(=O)[C@H](C)C[C@H](C)\C=C/C=C/C=C/1C. The molecule has 1 amide bonds. The van der Waals surface area contributed by atoms with Crippen LogP contribution >= 0.6 is 0 Å². The zero-order valence-corrected chi connectivity index (χ0v) is 38.7. The van der Waals surface area contributed by atoms with Crippen LogP contribution in [0.25, 0.3) is 0 Å². The normalized spacial score (nSPS) is 41.3. The highest BCUT2D eigenvalue weighted by Crippen LogP contribution is 2.37. The fourth-order valence-corrected chi connectivity index (χ4v) is 9.66. The van der Waals surface area contributed by atoms with Gasteiger partial charge in [-0.25, -0.2) is 4.79 Å². The minimum atomic E-state index is -2.44. The number of hydrogen-bond donors (Lipinski definition) is 5. The molecule has 2 bridgehead atoms. The first-order valence-electron chi connectivity index (χ1n) is 23.2. The molecule has 4 aliphatic rings. The lowest BCUT2D eigenvalue weighted by Crippen LogP contribution is -2.61. The van der Waals surface area contributed by atoms with Gasteiger partial charge in [-0.05, 0) is 107 Å². The van der Waals surface area contributed by atoms with Gasteiger partial charge in [0.05, 0.1) is 24.4 Å². The van der Waals surface area contributed by atoms with Crippen LogP contribution in [0, 0.1) is 35.5 Å². The first-order chi connectivity index (χ1) is 29.7. The van der Waals surface area contributed by atoms with Crippen molar-refractivity contribution in [1.82, 2.24) is 4.90 Å². The molecule has 0 spiro atoms. The van der Waals surface area contributed by atoms with Gasteiger partial charge in [-0.3, -0.25) is 19.2 Å². The summed E-state index contributed by atoms with van der Waals surface area (Å²) in [7, 11) is 1.56. The Hall–Kier alpha value is -3.37. The van der Waals surface area contributed by atoms with Crippen LogP contribution in [-0.4, -0.2) is 128 Å². The van der Waals surface area contributed by atoms with Crippen molar-refractivity contribution in [3.05, 3.63) is 47.6 Å². The Balaban J connectivity index is 1.68. The van der Waals surface area contributed by atoms with Crippen molar-refractivity contribution in [1.29, 1.82) is 0 Å². The second-order valence-corrected chi connectivity index (χ2v) is 19.2. The number of allylic oxidation sites excluding steroid dienone is 6. The smallest absolute Gasteiger partial charge is 0.329 e. The summed E-state index contributed by atoms with van der Waals surface area (Å²) in [5.74, 6) is -8.92. The lowest BCUT2D eigenvalue weighted by Gasteiger charge is -2.42. The van der Waals surface area contributed by atoms with Crippen molar-refractivity contribution >= 4 is 29.2 Å². The summed E-state index contributed by atoms with van der Waals surface area (Å²) >= 11 is 0. The first-order valence-corrected chi connectivity index (χ1v) is 23.2. The molecule has 0 aromatic heterocycles. The molecule has 354 valence electrons. The lowest BCUT2D eigenvalue weighted by molar-refractivity contribution is -0.265. The minimum Gasteiger partial charge on any atom is -0.460 e. The number of ether oxygens (including phenoxy) is 3. The highest BCUT2D eigenvalue weighted by Gasteiger charge is 2.53. The number of rotatable bonds is 4. The van der Waals surface area contributed by atoms with Crippen LogP contribution in [0.4, 0.5) is 0 Å². The number of ketones is 3. The first kappa shape index (κ1) is 52.3. The number of amides is 1. The highest BCUT2D eigenvalue weighted by molar-refractivity contribution is 6.39. The van der Waals surface area contributed by atoms with Gasteiger partial charge in [0.2, 0.25) is 5.79 Å². The number of aliphatic hydroxyl groups is 5. The number of aliphatic hydroxyl groups excluding tert-OH is 4. The average molecular weight is 886 g/mol. The largest absolute Gasteiger partial charge is 0.460 e. The number of esters is 1. The van der Waals surface area contributed by atoms with E-state index in [0.717, 1.165) is 10.5 Å². The number of methoxy groups -OCH3 is 1. The Morgan fingerprint density at radius 2 is 1.56 bits per heavy atom. The molecule has 1 unspecified atom stereocenters. The van der Waals surface area contributed by atoms with Gasteiger partial charge in [-0.1, -0.05) is 71.1 Å². The maximum absolute atomic E-state index is 14.2. The molecular weight excluding hydrogens is 811 g/mol. The van der Waals surface area contributed by atoms with Crippen LogP contribution < -0.4 is 0 Å². The number of carbonyl (C=O) groups excluding carboxylic acids is 5. The maximum Gasteiger partial charge on any atom is 0.329 e. The van der Waals surface area contributed by atoms with Gasteiger partial charge < -0.3 is 44.6 Å². The molecule has 4 rings (SSSR count). The van der Waals surface area contributed by atoms with Gasteiger partial charge in [-0.15, -0.1) is 0 Å². The molecule has 3 aliphatic heterocycles. The molecule has 63 heavy (non-hydrogen) atoms. The number of Topliss-reactive ketones (excluding diaryl/α,β-unsaturated/α-hetero) is 3. The number of cyclic esters (lactones) is 1. The summed E-state index contributed by atoms with van der Waals surface area (Å²) in [6, 6.07) is -1.17. The third-order valence-corrected chi connectivity index (χ3v) is 14.0. The summed E-state index contributed by atoms with van der Waals surface area (Å²) in [6.45, 7) is 12.3. The monoisotopic (exact) mass is 886 g/mol. The van der Waals surface area contributed by atoms with Crippen LogP contribution in [0.1, 0.15) is 126 Å². The Labute approximate surface area is 373 Å². The summed E-state index contributed by atoms with van der Waals surface area (Å²) in [5.41, 5.74) is 1.09. The van der Waals surface area contributed by atoms with E-state index in [9.17, 15) is 49.5 Å². The van der Waals surface area contributed by atoms with Crippen molar-refractivity contribution < 1.29 is 63.7 Å². The zero-order valence-electron chi connectivity index (χ0n) is 38.7. The summed E-state index contributed by atoms with van der Waals surface area (Å²) in [6.07, 6.45) is 8.26. The molecule has 14 heteroatoms. The van der Waals surface area contributed by atoms with E-state index >= 15 is 0 Å². The Morgan fingerprint density at radius 3 is 2.24 bits per heavy atom. The maximum atomic E-state index is 14.2. The molecule has 2 saturated heterocycles. The van der Waals surface area contributed by atoms with Crippen molar-refractivity contribution in [2.45, 2.75) is 180 Å². The molecule has 0 radical (unpaired) electrons. The fourth-order valence-electron chi connectivity index (χ4n) is 9.66. The summed E-state index contributed by atoms with van der Waals surface area (Å²) in [4.78, 5) is 70.9. The fraction of sp³-hybridized carbons (Fsp3) is 0.735. The molecule has 3 fully saturated rings. The minimum absolute atomic E-state index is 0.0275. The van der Waals surface area contributed by atoms with E-state index in [4.69, 9.17) is 14.2 Å². The van der Waals surface area contributed by atoms with E-state index in [2.05, 4.69) is 0 Å². The average Bonchev–Trinajstić information content (AvgIpc) is 3.25. The van der Waals surface area contributed by atoms with Crippen LogP contribution in [0.5, 0.6) is 0 Å². The van der Waals surface area contributed by atoms with Crippen molar-refractivity contribution in [3.63, 3.8) is 0 Å². The second-order valence-electron chi connectivity index (χ2n) is 19.2. The number of hydrogen-bond acceptors (Lipinski definition) is 13. The van der Waals surface area contributed by atoms with Crippen LogP contribution in [-0.2, 0) is 38.2 Å².